The first-order valence-corrected chi connectivity index (χ1v) is 5.66. The summed E-state index contributed by atoms with van der Waals surface area (Å²) in [6, 6.07) is 2.04. The van der Waals surface area contributed by atoms with Gasteiger partial charge in [-0.25, -0.2) is 0 Å². The lowest BCUT2D eigenvalue weighted by Crippen LogP contribution is -2.09. The molecule has 0 bridgehead atoms. The monoisotopic (exact) mass is 236 g/mol. The molecule has 0 spiro atoms. The van der Waals surface area contributed by atoms with Crippen LogP contribution in [0.15, 0.2) is 16.8 Å². The Labute approximate surface area is 97.0 Å². The lowest BCUT2D eigenvalue weighted by molar-refractivity contribution is 1.01. The van der Waals surface area contributed by atoms with Gasteiger partial charge in [0.2, 0.25) is 17.8 Å². The van der Waals surface area contributed by atoms with Crippen molar-refractivity contribution < 1.29 is 0 Å². The normalized spacial score (nSPS) is 10.1. The fourth-order valence-corrected chi connectivity index (χ4v) is 1.83. The molecule has 4 N–H and O–H groups in total. The van der Waals surface area contributed by atoms with Gasteiger partial charge in [0, 0.05) is 13.6 Å². The first kappa shape index (κ1) is 10.6. The van der Waals surface area contributed by atoms with Crippen LogP contribution in [-0.2, 0) is 6.54 Å². The van der Waals surface area contributed by atoms with Gasteiger partial charge in [-0.05, 0) is 22.4 Å². The maximum absolute atomic E-state index is 5.54. The number of aromatic nitrogens is 3. The van der Waals surface area contributed by atoms with E-state index in [0.717, 1.165) is 0 Å². The number of hydrogen-bond acceptors (Lipinski definition) is 7. The fraction of sp³-hybridized carbons (Fsp3) is 0.222. The number of thiophene rings is 1. The van der Waals surface area contributed by atoms with E-state index in [1.54, 1.807) is 18.4 Å². The van der Waals surface area contributed by atoms with E-state index < -0.39 is 0 Å². The zero-order valence-corrected chi connectivity index (χ0v) is 9.58. The molecule has 0 aromatic carbocycles. The van der Waals surface area contributed by atoms with Gasteiger partial charge in [-0.3, -0.25) is 0 Å². The predicted octanol–water partition coefficient (Wildman–Crippen LogP) is 1.17. The quantitative estimate of drug-likeness (QED) is 0.738. The van der Waals surface area contributed by atoms with Gasteiger partial charge >= 0.3 is 0 Å². The van der Waals surface area contributed by atoms with Crippen molar-refractivity contribution in [3.05, 3.63) is 22.4 Å². The zero-order chi connectivity index (χ0) is 11.4. The molecule has 84 valence electrons. The second kappa shape index (κ2) is 4.75. The molecule has 0 aliphatic carbocycles. The first-order valence-electron chi connectivity index (χ1n) is 4.72. The molecule has 0 aliphatic heterocycles. The summed E-state index contributed by atoms with van der Waals surface area (Å²) < 4.78 is 0. The van der Waals surface area contributed by atoms with E-state index in [9.17, 15) is 0 Å². The predicted molar refractivity (Wildman–Crippen MR) is 65.4 cm³/mol. The molecule has 2 aromatic heterocycles. The Bertz CT molecular complexity index is 455. The van der Waals surface area contributed by atoms with E-state index in [4.69, 9.17) is 5.73 Å². The highest BCUT2D eigenvalue weighted by atomic mass is 32.1. The summed E-state index contributed by atoms with van der Waals surface area (Å²) in [4.78, 5) is 12.0. The van der Waals surface area contributed by atoms with Gasteiger partial charge in [-0.1, -0.05) is 0 Å². The van der Waals surface area contributed by atoms with Crippen LogP contribution in [0.3, 0.4) is 0 Å². The molecule has 0 aliphatic rings. The molecule has 7 heteroatoms. The van der Waals surface area contributed by atoms with Crippen LogP contribution >= 0.6 is 11.3 Å². The van der Waals surface area contributed by atoms with Crippen LogP contribution in [-0.4, -0.2) is 22.0 Å². The van der Waals surface area contributed by atoms with Gasteiger partial charge in [-0.15, -0.1) is 0 Å². The molecule has 0 fully saturated rings. The molecule has 0 radical (unpaired) electrons. The van der Waals surface area contributed by atoms with Gasteiger partial charge in [0.25, 0.3) is 0 Å². The molecule has 16 heavy (non-hydrogen) atoms. The fourth-order valence-electron chi connectivity index (χ4n) is 1.16. The maximum atomic E-state index is 5.54. The van der Waals surface area contributed by atoms with E-state index in [2.05, 4.69) is 31.0 Å². The third-order valence-corrected chi connectivity index (χ3v) is 2.64. The van der Waals surface area contributed by atoms with Crippen molar-refractivity contribution in [3.63, 3.8) is 0 Å². The summed E-state index contributed by atoms with van der Waals surface area (Å²) in [7, 11) is 1.73. The Kier molecular flexibility index (Phi) is 3.16. The Hall–Kier alpha value is -1.89. The summed E-state index contributed by atoms with van der Waals surface area (Å²) in [5.41, 5.74) is 6.73. The SMILES string of the molecule is CNc1nc(N)nc(NCc2ccsc2)n1. The van der Waals surface area contributed by atoms with E-state index in [0.29, 0.717) is 18.4 Å². The van der Waals surface area contributed by atoms with Crippen LogP contribution in [0.5, 0.6) is 0 Å². The molecule has 2 rings (SSSR count). The van der Waals surface area contributed by atoms with E-state index in [1.165, 1.54) is 5.56 Å². The minimum Gasteiger partial charge on any atom is -0.368 e. The third-order valence-electron chi connectivity index (χ3n) is 1.91. The average molecular weight is 236 g/mol. The summed E-state index contributed by atoms with van der Waals surface area (Å²) >= 11 is 1.66. The van der Waals surface area contributed by atoms with Crippen molar-refractivity contribution >= 4 is 29.2 Å². The molecule has 2 aromatic rings. The minimum atomic E-state index is 0.201. The van der Waals surface area contributed by atoms with Gasteiger partial charge in [0.1, 0.15) is 0 Å². The lowest BCUT2D eigenvalue weighted by Gasteiger charge is -2.05. The van der Waals surface area contributed by atoms with E-state index in [1.807, 2.05) is 11.4 Å². The molecule has 6 nitrogen and oxygen atoms in total. The minimum absolute atomic E-state index is 0.201. The van der Waals surface area contributed by atoms with Crippen molar-refractivity contribution in [3.8, 4) is 0 Å². The lowest BCUT2D eigenvalue weighted by atomic mass is 10.3. The Balaban J connectivity index is 2.06. The highest BCUT2D eigenvalue weighted by molar-refractivity contribution is 7.07. The van der Waals surface area contributed by atoms with Gasteiger partial charge in [0.15, 0.2) is 0 Å². The highest BCUT2D eigenvalue weighted by Gasteiger charge is 2.02. The summed E-state index contributed by atoms with van der Waals surface area (Å²) in [5, 5.41) is 10.00. The average Bonchev–Trinajstić information content (AvgIpc) is 2.78. The molecule has 0 atom stereocenters. The van der Waals surface area contributed by atoms with Crippen LogP contribution in [0.2, 0.25) is 0 Å². The van der Waals surface area contributed by atoms with Crippen LogP contribution in [0, 0.1) is 0 Å². The number of nitrogens with one attached hydrogen (secondary N) is 2. The van der Waals surface area contributed by atoms with Crippen LogP contribution in [0.4, 0.5) is 17.8 Å². The topological polar surface area (TPSA) is 88.8 Å². The molecule has 2 heterocycles. The summed E-state index contributed by atoms with van der Waals surface area (Å²) in [6.45, 7) is 0.677. The van der Waals surface area contributed by atoms with Gasteiger partial charge in [0.05, 0.1) is 0 Å². The number of rotatable bonds is 4. The standard InChI is InChI=1S/C9H12N6S/c1-11-8-13-7(10)14-9(15-8)12-4-6-2-3-16-5-6/h2-3,5H,4H2,1H3,(H4,10,11,12,13,14,15). The highest BCUT2D eigenvalue weighted by Crippen LogP contribution is 2.10. The van der Waals surface area contributed by atoms with Crippen LogP contribution in [0.1, 0.15) is 5.56 Å². The Morgan fingerprint density at radius 2 is 2.12 bits per heavy atom. The van der Waals surface area contributed by atoms with Gasteiger partial charge < -0.3 is 16.4 Å². The summed E-state index contributed by atoms with van der Waals surface area (Å²) in [6.07, 6.45) is 0. The second-order valence-electron chi connectivity index (χ2n) is 3.08. The molecule has 0 amide bonds. The van der Waals surface area contributed by atoms with E-state index >= 15 is 0 Å². The van der Waals surface area contributed by atoms with Crippen molar-refractivity contribution in [1.82, 2.24) is 15.0 Å². The zero-order valence-electron chi connectivity index (χ0n) is 8.77. The number of hydrogen-bond donors (Lipinski definition) is 3. The first-order chi connectivity index (χ1) is 7.78. The summed E-state index contributed by atoms with van der Waals surface area (Å²) in [5.74, 6) is 1.13. The van der Waals surface area contributed by atoms with Crippen molar-refractivity contribution in [1.29, 1.82) is 0 Å². The van der Waals surface area contributed by atoms with Crippen LogP contribution < -0.4 is 16.4 Å². The Morgan fingerprint density at radius 1 is 1.31 bits per heavy atom. The molecule has 0 saturated heterocycles. The number of anilines is 3. The molecule has 0 unspecified atom stereocenters. The second-order valence-corrected chi connectivity index (χ2v) is 3.86. The Morgan fingerprint density at radius 3 is 2.81 bits per heavy atom. The molecular weight excluding hydrogens is 224 g/mol. The number of nitrogens with two attached hydrogens (primary N) is 1. The largest absolute Gasteiger partial charge is 0.368 e. The smallest absolute Gasteiger partial charge is 0.229 e. The third kappa shape index (κ3) is 2.57. The van der Waals surface area contributed by atoms with Crippen molar-refractivity contribution in [2.75, 3.05) is 23.4 Å². The van der Waals surface area contributed by atoms with Crippen molar-refractivity contribution in [2.45, 2.75) is 6.54 Å². The number of nitrogens with zero attached hydrogens (tertiary/aromatic N) is 3. The molecule has 0 saturated carbocycles. The maximum Gasteiger partial charge on any atom is 0.229 e. The van der Waals surface area contributed by atoms with Crippen molar-refractivity contribution in [2.24, 2.45) is 0 Å². The van der Waals surface area contributed by atoms with Gasteiger partial charge in [-0.2, -0.15) is 26.3 Å². The number of nitrogen functional groups attached to an aromatic ring is 1. The molecular formula is C9H12N6S. The van der Waals surface area contributed by atoms with E-state index in [-0.39, 0.29) is 5.95 Å². The van der Waals surface area contributed by atoms with Crippen LogP contribution in [0.25, 0.3) is 0 Å².